The number of nitrogens with one attached hydrogen (secondary N) is 2. The van der Waals surface area contributed by atoms with Crippen molar-refractivity contribution in [3.05, 3.63) is 28.8 Å². The highest BCUT2D eigenvalue weighted by atomic mass is 35.5. The summed E-state index contributed by atoms with van der Waals surface area (Å²) in [5.74, 6) is 0.714. The van der Waals surface area contributed by atoms with Crippen molar-refractivity contribution in [2.45, 2.75) is 31.9 Å². The van der Waals surface area contributed by atoms with Crippen LogP contribution in [-0.2, 0) is 6.54 Å². The van der Waals surface area contributed by atoms with Crippen LogP contribution in [0.4, 0.5) is 14.5 Å². The van der Waals surface area contributed by atoms with E-state index in [0.717, 1.165) is 49.6 Å². The molecule has 0 aliphatic carbocycles. The number of aliphatic imine (C=N–C) groups is 1. The molecule has 0 aromatic heterocycles. The normalized spacial score (nSPS) is 20.1. The third-order valence-corrected chi connectivity index (χ3v) is 6.27. The molecule has 1 aromatic carbocycles. The number of piperidine rings is 1. The van der Waals surface area contributed by atoms with Crippen molar-refractivity contribution in [3.8, 4) is 0 Å². The van der Waals surface area contributed by atoms with Gasteiger partial charge in [0.15, 0.2) is 5.96 Å². The van der Waals surface area contributed by atoms with E-state index >= 15 is 0 Å². The van der Waals surface area contributed by atoms with Gasteiger partial charge in [-0.2, -0.15) is 0 Å². The SMILES string of the molecule is CN=C(NCc1c(Cl)cccc1N1CCN(C)CC1)NC1CCN(CC(F)F)CC1. The van der Waals surface area contributed by atoms with Crippen molar-refractivity contribution in [1.82, 2.24) is 20.4 Å². The van der Waals surface area contributed by atoms with E-state index < -0.39 is 6.43 Å². The van der Waals surface area contributed by atoms with E-state index in [1.807, 2.05) is 17.0 Å². The molecule has 168 valence electrons. The summed E-state index contributed by atoms with van der Waals surface area (Å²) in [7, 11) is 3.89. The minimum atomic E-state index is -2.27. The number of anilines is 1. The van der Waals surface area contributed by atoms with Gasteiger partial charge >= 0.3 is 0 Å². The zero-order valence-corrected chi connectivity index (χ0v) is 18.6. The lowest BCUT2D eigenvalue weighted by Gasteiger charge is -2.35. The number of hydrogen-bond donors (Lipinski definition) is 2. The van der Waals surface area contributed by atoms with Gasteiger partial charge in [-0.1, -0.05) is 17.7 Å². The molecular formula is C21H33ClF2N6. The average Bonchev–Trinajstić information content (AvgIpc) is 2.73. The van der Waals surface area contributed by atoms with Crippen LogP contribution in [0.25, 0.3) is 0 Å². The molecule has 30 heavy (non-hydrogen) atoms. The topological polar surface area (TPSA) is 46.1 Å². The highest BCUT2D eigenvalue weighted by Gasteiger charge is 2.23. The predicted molar refractivity (Wildman–Crippen MR) is 120 cm³/mol. The fraction of sp³-hybridized carbons (Fsp3) is 0.667. The second-order valence-electron chi connectivity index (χ2n) is 8.06. The van der Waals surface area contributed by atoms with Gasteiger partial charge in [-0.15, -0.1) is 0 Å². The first kappa shape index (κ1) is 23.0. The molecule has 0 unspecified atom stereocenters. The van der Waals surface area contributed by atoms with Gasteiger partial charge in [0.2, 0.25) is 0 Å². The molecule has 2 heterocycles. The first-order chi connectivity index (χ1) is 14.5. The van der Waals surface area contributed by atoms with Crippen LogP contribution in [0.3, 0.4) is 0 Å². The lowest BCUT2D eigenvalue weighted by Crippen LogP contribution is -2.49. The summed E-state index contributed by atoms with van der Waals surface area (Å²) in [6.07, 6.45) is -0.618. The van der Waals surface area contributed by atoms with Crippen molar-refractivity contribution in [1.29, 1.82) is 0 Å². The Kier molecular flexibility index (Phi) is 8.53. The van der Waals surface area contributed by atoms with Crippen LogP contribution in [0.2, 0.25) is 5.02 Å². The molecule has 2 fully saturated rings. The van der Waals surface area contributed by atoms with Crippen LogP contribution in [0.15, 0.2) is 23.2 Å². The van der Waals surface area contributed by atoms with E-state index in [1.165, 1.54) is 5.69 Å². The van der Waals surface area contributed by atoms with Gasteiger partial charge < -0.3 is 20.4 Å². The Hall–Kier alpha value is -1.64. The molecule has 2 aliphatic heterocycles. The van der Waals surface area contributed by atoms with Gasteiger partial charge in [0.25, 0.3) is 6.43 Å². The summed E-state index contributed by atoms with van der Waals surface area (Å²) < 4.78 is 25.1. The zero-order valence-electron chi connectivity index (χ0n) is 17.9. The van der Waals surface area contributed by atoms with Crippen LogP contribution >= 0.6 is 11.6 Å². The van der Waals surface area contributed by atoms with Crippen LogP contribution in [0.5, 0.6) is 0 Å². The summed E-state index contributed by atoms with van der Waals surface area (Å²) in [4.78, 5) is 10.9. The summed E-state index contributed by atoms with van der Waals surface area (Å²) in [5, 5.41) is 7.57. The van der Waals surface area contributed by atoms with E-state index in [1.54, 1.807) is 7.05 Å². The quantitative estimate of drug-likeness (QED) is 0.523. The van der Waals surface area contributed by atoms with Gasteiger partial charge in [-0.05, 0) is 32.0 Å². The highest BCUT2D eigenvalue weighted by Crippen LogP contribution is 2.28. The molecule has 2 N–H and O–H groups in total. The van der Waals surface area contributed by atoms with E-state index in [9.17, 15) is 8.78 Å². The third kappa shape index (κ3) is 6.43. The molecule has 0 atom stereocenters. The molecule has 3 rings (SSSR count). The molecule has 2 saturated heterocycles. The first-order valence-corrected chi connectivity index (χ1v) is 11.0. The first-order valence-electron chi connectivity index (χ1n) is 10.6. The summed E-state index contributed by atoms with van der Waals surface area (Å²) in [5.41, 5.74) is 2.23. The Morgan fingerprint density at radius 3 is 2.50 bits per heavy atom. The number of likely N-dealkylation sites (N-methyl/N-ethyl adjacent to an activating group) is 1. The lowest BCUT2D eigenvalue weighted by molar-refractivity contribution is 0.0744. The van der Waals surface area contributed by atoms with Crippen molar-refractivity contribution in [2.75, 3.05) is 64.8 Å². The third-order valence-electron chi connectivity index (χ3n) is 5.92. The van der Waals surface area contributed by atoms with Crippen molar-refractivity contribution in [3.63, 3.8) is 0 Å². The standard InChI is InChI=1S/C21H33ClF2N6/c1-25-21(27-16-6-8-29(9-7-16)15-20(23)24)26-14-17-18(22)4-3-5-19(17)30-12-10-28(2)11-13-30/h3-5,16,20H,6-15H2,1-2H3,(H2,25,26,27). The number of alkyl halides is 2. The molecule has 6 nitrogen and oxygen atoms in total. The molecule has 0 spiro atoms. The monoisotopic (exact) mass is 442 g/mol. The average molecular weight is 443 g/mol. The highest BCUT2D eigenvalue weighted by molar-refractivity contribution is 6.31. The largest absolute Gasteiger partial charge is 0.369 e. The number of nitrogens with zero attached hydrogens (tertiary/aromatic N) is 4. The Labute approximate surface area is 183 Å². The van der Waals surface area contributed by atoms with Gasteiger partial charge in [-0.3, -0.25) is 9.89 Å². The van der Waals surface area contributed by atoms with Crippen molar-refractivity contribution >= 4 is 23.2 Å². The van der Waals surface area contributed by atoms with E-state index in [4.69, 9.17) is 11.6 Å². The molecule has 1 aromatic rings. The van der Waals surface area contributed by atoms with Crippen LogP contribution < -0.4 is 15.5 Å². The van der Waals surface area contributed by atoms with Crippen molar-refractivity contribution in [2.24, 2.45) is 4.99 Å². The lowest BCUT2D eigenvalue weighted by atomic mass is 10.1. The molecule has 9 heteroatoms. The molecule has 0 amide bonds. The molecule has 2 aliphatic rings. The summed E-state index contributed by atoms with van der Waals surface area (Å²) in [6.45, 7) is 5.82. The van der Waals surface area contributed by atoms with Gasteiger partial charge in [-0.25, -0.2) is 8.78 Å². The van der Waals surface area contributed by atoms with Gasteiger partial charge in [0.1, 0.15) is 0 Å². The number of benzene rings is 1. The maximum Gasteiger partial charge on any atom is 0.251 e. The molecule has 0 saturated carbocycles. The van der Waals surface area contributed by atoms with Gasteiger partial charge in [0.05, 0.1) is 6.54 Å². The fourth-order valence-electron chi connectivity index (χ4n) is 4.08. The number of piperazine rings is 1. The van der Waals surface area contributed by atoms with Crippen LogP contribution in [0, 0.1) is 0 Å². The number of halogens is 3. The predicted octanol–water partition coefficient (Wildman–Crippen LogP) is 2.49. The maximum absolute atomic E-state index is 12.6. The Balaban J connectivity index is 1.55. The maximum atomic E-state index is 12.6. The zero-order chi connectivity index (χ0) is 21.5. The van der Waals surface area contributed by atoms with Crippen LogP contribution in [-0.4, -0.2) is 88.1 Å². The summed E-state index contributed by atoms with van der Waals surface area (Å²) >= 11 is 6.55. The number of guanidine groups is 1. The fourth-order valence-corrected chi connectivity index (χ4v) is 4.32. The van der Waals surface area contributed by atoms with E-state index in [2.05, 4.69) is 38.5 Å². The summed E-state index contributed by atoms with van der Waals surface area (Å²) in [6, 6.07) is 6.28. The minimum Gasteiger partial charge on any atom is -0.369 e. The molecule has 0 radical (unpaired) electrons. The molecular weight excluding hydrogens is 410 g/mol. The Bertz CT molecular complexity index is 701. The van der Waals surface area contributed by atoms with Gasteiger partial charge in [0, 0.05) is 75.2 Å². The second-order valence-corrected chi connectivity index (χ2v) is 8.47. The van der Waals surface area contributed by atoms with Crippen molar-refractivity contribution < 1.29 is 8.78 Å². The van der Waals surface area contributed by atoms with E-state index in [-0.39, 0.29) is 12.6 Å². The number of rotatable bonds is 6. The van der Waals surface area contributed by atoms with E-state index in [0.29, 0.717) is 25.6 Å². The minimum absolute atomic E-state index is 0.138. The second kappa shape index (κ2) is 11.1. The Morgan fingerprint density at radius 1 is 1.17 bits per heavy atom. The van der Waals surface area contributed by atoms with Crippen LogP contribution in [0.1, 0.15) is 18.4 Å². The smallest absolute Gasteiger partial charge is 0.251 e. The number of likely N-dealkylation sites (tertiary alicyclic amines) is 1. The Morgan fingerprint density at radius 2 is 1.87 bits per heavy atom. The molecule has 0 bridgehead atoms. The number of hydrogen-bond acceptors (Lipinski definition) is 4.